The molecule has 0 radical (unpaired) electrons. The Labute approximate surface area is 156 Å². The molecule has 0 aliphatic rings. The number of aromatic nitrogens is 3. The molecule has 0 saturated carbocycles. The molecule has 136 valence electrons. The second-order valence-electron chi connectivity index (χ2n) is 5.39. The minimum Gasteiger partial charge on any atom is -0.494 e. The van der Waals surface area contributed by atoms with Crippen LogP contribution in [0, 0.1) is 0 Å². The van der Waals surface area contributed by atoms with Gasteiger partial charge in [0.05, 0.1) is 25.2 Å². The third kappa shape index (κ3) is 3.84. The van der Waals surface area contributed by atoms with E-state index in [1.54, 1.807) is 25.6 Å². The van der Waals surface area contributed by atoms with Gasteiger partial charge >= 0.3 is 0 Å². The van der Waals surface area contributed by atoms with Crippen molar-refractivity contribution in [2.24, 2.45) is 10.9 Å². The molecule has 3 rings (SSSR count). The van der Waals surface area contributed by atoms with E-state index in [2.05, 4.69) is 26.6 Å². The number of ether oxygens (including phenoxy) is 2. The van der Waals surface area contributed by atoms with Gasteiger partial charge in [0.2, 0.25) is 0 Å². The summed E-state index contributed by atoms with van der Waals surface area (Å²) in [5.41, 5.74) is 8.14. The molecule has 0 fully saturated rings. The van der Waals surface area contributed by atoms with E-state index in [4.69, 9.17) is 21.1 Å². The zero-order valence-electron chi connectivity index (χ0n) is 14.7. The van der Waals surface area contributed by atoms with E-state index in [-0.39, 0.29) is 17.4 Å². The predicted molar refractivity (Wildman–Crippen MR) is 104 cm³/mol. The van der Waals surface area contributed by atoms with Crippen LogP contribution in [0.3, 0.4) is 0 Å². The Morgan fingerprint density at radius 3 is 2.63 bits per heavy atom. The molecule has 0 amide bonds. The highest BCUT2D eigenvalue weighted by atomic mass is 16.5. The van der Waals surface area contributed by atoms with Gasteiger partial charge < -0.3 is 21.1 Å². The van der Waals surface area contributed by atoms with Crippen LogP contribution in [0.1, 0.15) is 11.3 Å². The van der Waals surface area contributed by atoms with Gasteiger partial charge in [-0.2, -0.15) is 0 Å². The SMILES string of the molecule is C=C(O/C(=N\N)c1nc(-c2ccncc2OC)cnc1N)c1ccccc1. The van der Waals surface area contributed by atoms with Crippen molar-refractivity contribution in [3.05, 3.63) is 72.8 Å². The fourth-order valence-electron chi connectivity index (χ4n) is 2.38. The molecule has 0 aliphatic heterocycles. The molecular formula is C19H18N6O2. The lowest BCUT2D eigenvalue weighted by atomic mass is 10.2. The first-order valence-corrected chi connectivity index (χ1v) is 7.95. The number of benzene rings is 1. The number of hydrazone groups is 1. The summed E-state index contributed by atoms with van der Waals surface area (Å²) in [6.07, 6.45) is 4.73. The Morgan fingerprint density at radius 1 is 1.15 bits per heavy atom. The molecular weight excluding hydrogens is 344 g/mol. The molecule has 8 nitrogen and oxygen atoms in total. The van der Waals surface area contributed by atoms with E-state index in [1.807, 2.05) is 30.3 Å². The van der Waals surface area contributed by atoms with Gasteiger partial charge in [0.25, 0.3) is 5.90 Å². The van der Waals surface area contributed by atoms with Crippen molar-refractivity contribution in [3.63, 3.8) is 0 Å². The van der Waals surface area contributed by atoms with Crippen molar-refractivity contribution in [2.75, 3.05) is 12.8 Å². The number of nitrogens with two attached hydrogens (primary N) is 2. The summed E-state index contributed by atoms with van der Waals surface area (Å²) in [5, 5.41) is 3.67. The molecule has 4 N–H and O–H groups in total. The number of hydrogen-bond acceptors (Lipinski definition) is 8. The molecule has 0 aliphatic carbocycles. The highest BCUT2D eigenvalue weighted by molar-refractivity contribution is 5.99. The summed E-state index contributed by atoms with van der Waals surface area (Å²) in [6, 6.07) is 11.1. The lowest BCUT2D eigenvalue weighted by Crippen LogP contribution is -2.15. The highest BCUT2D eigenvalue weighted by Gasteiger charge is 2.18. The average Bonchev–Trinajstić information content (AvgIpc) is 2.73. The molecule has 0 spiro atoms. The van der Waals surface area contributed by atoms with Crippen molar-refractivity contribution < 1.29 is 9.47 Å². The van der Waals surface area contributed by atoms with Crippen LogP contribution >= 0.6 is 0 Å². The minimum atomic E-state index is 0.00345. The molecule has 0 saturated heterocycles. The maximum Gasteiger partial charge on any atom is 0.265 e. The van der Waals surface area contributed by atoms with Crippen LogP contribution < -0.4 is 16.3 Å². The fraction of sp³-hybridized carbons (Fsp3) is 0.0526. The number of rotatable bonds is 5. The van der Waals surface area contributed by atoms with Crippen molar-refractivity contribution in [2.45, 2.75) is 0 Å². The summed E-state index contributed by atoms with van der Waals surface area (Å²) in [7, 11) is 1.55. The van der Waals surface area contributed by atoms with Gasteiger partial charge in [0.1, 0.15) is 11.5 Å². The maximum absolute atomic E-state index is 5.97. The Bertz CT molecular complexity index is 988. The van der Waals surface area contributed by atoms with Crippen molar-refractivity contribution in [1.29, 1.82) is 0 Å². The van der Waals surface area contributed by atoms with E-state index < -0.39 is 0 Å². The zero-order chi connectivity index (χ0) is 19.2. The smallest absolute Gasteiger partial charge is 0.265 e. The topological polar surface area (TPSA) is 122 Å². The minimum absolute atomic E-state index is 0.00345. The average molecular weight is 362 g/mol. The van der Waals surface area contributed by atoms with Gasteiger partial charge in [-0.3, -0.25) is 4.98 Å². The number of nitrogens with zero attached hydrogens (tertiary/aromatic N) is 4. The van der Waals surface area contributed by atoms with Gasteiger partial charge in [-0.1, -0.05) is 36.9 Å². The fourth-order valence-corrected chi connectivity index (χ4v) is 2.38. The molecule has 2 heterocycles. The number of nitrogen functional groups attached to an aromatic ring is 1. The lowest BCUT2D eigenvalue weighted by molar-refractivity contribution is 0.414. The molecule has 27 heavy (non-hydrogen) atoms. The summed E-state index contributed by atoms with van der Waals surface area (Å²) in [6.45, 7) is 3.90. The van der Waals surface area contributed by atoms with Crippen LogP contribution in [0.25, 0.3) is 17.0 Å². The maximum atomic E-state index is 5.97. The summed E-state index contributed by atoms with van der Waals surface area (Å²) in [4.78, 5) is 12.7. The number of methoxy groups -OCH3 is 1. The third-order valence-electron chi connectivity index (χ3n) is 3.72. The van der Waals surface area contributed by atoms with E-state index in [9.17, 15) is 0 Å². The van der Waals surface area contributed by atoms with Crippen LogP contribution in [0.4, 0.5) is 5.82 Å². The van der Waals surface area contributed by atoms with Gasteiger partial charge in [-0.25, -0.2) is 9.97 Å². The number of pyridine rings is 1. The van der Waals surface area contributed by atoms with E-state index in [0.717, 1.165) is 5.56 Å². The van der Waals surface area contributed by atoms with E-state index in [1.165, 1.54) is 6.20 Å². The Balaban J connectivity index is 1.96. The number of anilines is 1. The standard InChI is InChI=1S/C19H18N6O2/c1-12(13-6-4-3-5-7-13)27-19(25-21)17-18(20)23-10-15(24-17)14-8-9-22-11-16(14)26-2/h3-11H,1,21H2,2H3,(H2,20,23)/b25-19-. The van der Waals surface area contributed by atoms with Gasteiger partial charge in [-0.05, 0) is 6.07 Å². The van der Waals surface area contributed by atoms with E-state index >= 15 is 0 Å². The zero-order valence-corrected chi connectivity index (χ0v) is 14.7. The van der Waals surface area contributed by atoms with Crippen LogP contribution in [-0.4, -0.2) is 28.0 Å². The Morgan fingerprint density at radius 2 is 1.93 bits per heavy atom. The van der Waals surface area contributed by atoms with Crippen LogP contribution in [0.15, 0.2) is 66.7 Å². The first-order valence-electron chi connectivity index (χ1n) is 7.95. The summed E-state index contributed by atoms with van der Waals surface area (Å²) < 4.78 is 11.0. The molecule has 0 bridgehead atoms. The summed E-state index contributed by atoms with van der Waals surface area (Å²) in [5.74, 6) is 6.53. The molecule has 0 unspecified atom stereocenters. The quantitative estimate of drug-likeness (QED) is 0.235. The third-order valence-corrected chi connectivity index (χ3v) is 3.72. The largest absolute Gasteiger partial charge is 0.494 e. The van der Waals surface area contributed by atoms with Crippen molar-refractivity contribution in [1.82, 2.24) is 15.0 Å². The second-order valence-corrected chi connectivity index (χ2v) is 5.39. The Kier molecular flexibility index (Phi) is 5.27. The van der Waals surface area contributed by atoms with Crippen molar-refractivity contribution >= 4 is 17.5 Å². The molecule has 2 aromatic heterocycles. The Hall–Kier alpha value is -3.94. The highest BCUT2D eigenvalue weighted by Crippen LogP contribution is 2.28. The summed E-state index contributed by atoms with van der Waals surface area (Å²) >= 11 is 0. The normalized spacial score (nSPS) is 11.1. The van der Waals surface area contributed by atoms with Gasteiger partial charge in [0.15, 0.2) is 11.5 Å². The predicted octanol–water partition coefficient (Wildman–Crippen LogP) is 2.44. The van der Waals surface area contributed by atoms with Gasteiger partial charge in [0, 0.05) is 17.3 Å². The molecule has 1 aromatic carbocycles. The van der Waals surface area contributed by atoms with Gasteiger partial charge in [-0.15, -0.1) is 5.10 Å². The monoisotopic (exact) mass is 362 g/mol. The van der Waals surface area contributed by atoms with E-state index in [0.29, 0.717) is 22.8 Å². The first kappa shape index (κ1) is 17.9. The number of hydrogen-bond donors (Lipinski definition) is 2. The molecule has 8 heteroatoms. The molecule has 0 atom stereocenters. The van der Waals surface area contributed by atoms with Crippen molar-refractivity contribution in [3.8, 4) is 17.0 Å². The molecule has 3 aromatic rings. The van der Waals surface area contributed by atoms with Crippen LogP contribution in [0.5, 0.6) is 5.75 Å². The van der Waals surface area contributed by atoms with Crippen LogP contribution in [0.2, 0.25) is 0 Å². The van der Waals surface area contributed by atoms with Crippen LogP contribution in [-0.2, 0) is 4.74 Å². The first-order chi connectivity index (χ1) is 13.1. The lowest BCUT2D eigenvalue weighted by Gasteiger charge is -2.13. The second kappa shape index (κ2) is 7.96.